The van der Waals surface area contributed by atoms with Gasteiger partial charge in [-0.2, -0.15) is 5.10 Å². The average molecular weight is 374 g/mol. The minimum absolute atomic E-state index is 0.558. The maximum absolute atomic E-state index is 4.94. The minimum Gasteiger partial charge on any atom is -0.258 e. The molecule has 1 saturated carbocycles. The van der Waals surface area contributed by atoms with E-state index in [1.54, 1.807) is 11.3 Å². The Balaban J connectivity index is 1.61. The fraction of sp³-hybridized carbons (Fsp3) is 0.304. The molecular formula is C23H23N3S. The van der Waals surface area contributed by atoms with Crippen molar-refractivity contribution in [2.45, 2.75) is 19.8 Å². The van der Waals surface area contributed by atoms with Crippen LogP contribution >= 0.6 is 11.3 Å². The van der Waals surface area contributed by atoms with Crippen molar-refractivity contribution in [2.75, 3.05) is 6.54 Å². The van der Waals surface area contributed by atoms with Crippen LogP contribution < -0.4 is 4.80 Å². The SMILES string of the molecule is CCN=c1scc(-c2cccc3ccccc23)n1N=CC1CC2C=CC1C2. The lowest BCUT2D eigenvalue weighted by atomic mass is 9.95. The first-order valence-corrected chi connectivity index (χ1v) is 10.6. The lowest BCUT2D eigenvalue weighted by molar-refractivity contribution is 0.589. The summed E-state index contributed by atoms with van der Waals surface area (Å²) in [4.78, 5) is 5.65. The molecule has 0 amide bonds. The summed E-state index contributed by atoms with van der Waals surface area (Å²) in [5.41, 5.74) is 2.34. The maximum atomic E-state index is 4.94. The van der Waals surface area contributed by atoms with Crippen LogP contribution in [0.1, 0.15) is 19.8 Å². The molecule has 3 aromatic rings. The maximum Gasteiger partial charge on any atom is 0.206 e. The highest BCUT2D eigenvalue weighted by Gasteiger charge is 2.34. The number of nitrogens with zero attached hydrogens (tertiary/aromatic N) is 3. The largest absolute Gasteiger partial charge is 0.258 e. The Morgan fingerprint density at radius 2 is 2.00 bits per heavy atom. The number of allylic oxidation sites excluding steroid dienone is 2. The van der Waals surface area contributed by atoms with E-state index in [1.165, 1.54) is 29.2 Å². The molecule has 3 unspecified atom stereocenters. The quantitative estimate of drug-likeness (QED) is 0.437. The second-order valence-electron chi connectivity index (χ2n) is 7.43. The topological polar surface area (TPSA) is 29.6 Å². The number of fused-ring (bicyclic) bond motifs is 3. The van der Waals surface area contributed by atoms with E-state index in [-0.39, 0.29) is 0 Å². The number of hydrogen-bond acceptors (Lipinski definition) is 3. The third-order valence-electron chi connectivity index (χ3n) is 5.75. The van der Waals surface area contributed by atoms with Crippen molar-refractivity contribution in [3.63, 3.8) is 0 Å². The molecule has 4 heteroatoms. The molecular weight excluding hydrogens is 350 g/mol. The summed E-state index contributed by atoms with van der Waals surface area (Å²) in [7, 11) is 0. The first-order chi connectivity index (χ1) is 13.3. The minimum atomic E-state index is 0.558. The molecule has 0 spiro atoms. The Labute approximate surface area is 163 Å². The average Bonchev–Trinajstić information content (AvgIpc) is 3.42. The van der Waals surface area contributed by atoms with Crippen LogP contribution in [0, 0.1) is 17.8 Å². The summed E-state index contributed by atoms with van der Waals surface area (Å²) < 4.78 is 2.05. The van der Waals surface area contributed by atoms with Crippen LogP contribution in [0.2, 0.25) is 0 Å². The van der Waals surface area contributed by atoms with Crippen LogP contribution in [0.5, 0.6) is 0 Å². The zero-order chi connectivity index (χ0) is 18.2. The Morgan fingerprint density at radius 1 is 1.11 bits per heavy atom. The smallest absolute Gasteiger partial charge is 0.206 e. The van der Waals surface area contributed by atoms with Gasteiger partial charge in [-0.1, -0.05) is 54.6 Å². The van der Waals surface area contributed by atoms with Crippen molar-refractivity contribution in [3.8, 4) is 11.3 Å². The van der Waals surface area contributed by atoms with Crippen molar-refractivity contribution in [1.82, 2.24) is 4.68 Å². The van der Waals surface area contributed by atoms with Crippen LogP contribution in [0.25, 0.3) is 22.0 Å². The molecule has 1 fully saturated rings. The lowest BCUT2D eigenvalue weighted by Crippen LogP contribution is -2.15. The van der Waals surface area contributed by atoms with Crippen molar-refractivity contribution >= 4 is 28.3 Å². The number of rotatable bonds is 4. The summed E-state index contributed by atoms with van der Waals surface area (Å²) in [6.45, 7) is 2.84. The highest BCUT2D eigenvalue weighted by atomic mass is 32.1. The van der Waals surface area contributed by atoms with Crippen LogP contribution in [-0.4, -0.2) is 17.4 Å². The van der Waals surface area contributed by atoms with Crippen molar-refractivity contribution in [1.29, 1.82) is 0 Å². The number of hydrogen-bond donors (Lipinski definition) is 0. The second kappa shape index (κ2) is 6.93. The molecule has 0 saturated heterocycles. The van der Waals surface area contributed by atoms with Gasteiger partial charge < -0.3 is 0 Å². The van der Waals surface area contributed by atoms with Crippen LogP contribution in [0.4, 0.5) is 0 Å². The second-order valence-corrected chi connectivity index (χ2v) is 8.26. The molecule has 2 aliphatic rings. The molecule has 2 aromatic carbocycles. The Kier molecular flexibility index (Phi) is 4.29. The van der Waals surface area contributed by atoms with Crippen LogP contribution in [0.3, 0.4) is 0 Å². The third-order valence-corrected chi connectivity index (χ3v) is 6.60. The molecule has 136 valence electrons. The van der Waals surface area contributed by atoms with Gasteiger partial charge in [-0.05, 0) is 42.4 Å². The van der Waals surface area contributed by atoms with E-state index < -0.39 is 0 Å². The number of benzene rings is 2. The molecule has 3 atom stereocenters. The fourth-order valence-corrected chi connectivity index (χ4v) is 5.33. The van der Waals surface area contributed by atoms with Crippen molar-refractivity contribution in [3.05, 3.63) is 64.8 Å². The Morgan fingerprint density at radius 3 is 2.81 bits per heavy atom. The lowest BCUT2D eigenvalue weighted by Gasteiger charge is -2.13. The van der Waals surface area contributed by atoms with E-state index >= 15 is 0 Å². The van der Waals surface area contributed by atoms with Crippen molar-refractivity contribution < 1.29 is 0 Å². The zero-order valence-electron chi connectivity index (χ0n) is 15.5. The van der Waals surface area contributed by atoms with Gasteiger partial charge in [0.15, 0.2) is 0 Å². The van der Waals surface area contributed by atoms with E-state index in [4.69, 9.17) is 5.10 Å². The number of aromatic nitrogens is 1. The van der Waals surface area contributed by atoms with Gasteiger partial charge in [-0.3, -0.25) is 4.99 Å². The highest BCUT2D eigenvalue weighted by molar-refractivity contribution is 7.07. The molecule has 0 N–H and O–H groups in total. The van der Waals surface area contributed by atoms with Crippen LogP contribution in [0.15, 0.2) is 70.1 Å². The standard InChI is InChI=1S/C23H23N3S/c1-2-24-23-26(25-14-19-13-16-10-11-18(19)12-16)22(15-27-23)21-9-5-7-17-6-3-4-8-20(17)21/h3-11,14-16,18-19H,2,12-13H2,1H3. The van der Waals surface area contributed by atoms with Crippen molar-refractivity contribution in [2.24, 2.45) is 27.8 Å². The van der Waals surface area contributed by atoms with Gasteiger partial charge in [0.05, 0.1) is 5.69 Å². The first-order valence-electron chi connectivity index (χ1n) is 9.75. The molecule has 2 bridgehead atoms. The normalized spacial score (nSPS) is 24.6. The van der Waals surface area contributed by atoms with E-state index in [0.717, 1.165) is 23.0 Å². The Bertz CT molecular complexity index is 1100. The van der Waals surface area contributed by atoms with Gasteiger partial charge in [0, 0.05) is 29.6 Å². The van der Waals surface area contributed by atoms with Gasteiger partial charge in [0.2, 0.25) is 4.80 Å². The summed E-state index contributed by atoms with van der Waals surface area (Å²) >= 11 is 1.67. The molecule has 0 radical (unpaired) electrons. The third kappa shape index (κ3) is 2.98. The van der Waals surface area contributed by atoms with Crippen LogP contribution in [-0.2, 0) is 0 Å². The monoisotopic (exact) mass is 373 g/mol. The summed E-state index contributed by atoms with van der Waals surface area (Å²) in [5, 5.41) is 9.64. The van der Waals surface area contributed by atoms with Gasteiger partial charge in [0.25, 0.3) is 0 Å². The highest BCUT2D eigenvalue weighted by Crippen LogP contribution is 2.42. The molecule has 2 aliphatic carbocycles. The molecule has 1 aromatic heterocycles. The summed E-state index contributed by atoms with van der Waals surface area (Å²) in [6.07, 6.45) is 9.47. The number of thiazole rings is 1. The van der Waals surface area contributed by atoms with E-state index in [9.17, 15) is 0 Å². The predicted molar refractivity (Wildman–Crippen MR) is 114 cm³/mol. The summed E-state index contributed by atoms with van der Waals surface area (Å²) in [6, 6.07) is 15.0. The molecule has 3 nitrogen and oxygen atoms in total. The molecule has 27 heavy (non-hydrogen) atoms. The van der Waals surface area contributed by atoms with E-state index in [2.05, 4.69) is 78.1 Å². The molecule has 5 rings (SSSR count). The zero-order valence-corrected chi connectivity index (χ0v) is 16.3. The predicted octanol–water partition coefficient (Wildman–Crippen LogP) is 5.34. The van der Waals surface area contributed by atoms with Gasteiger partial charge >= 0.3 is 0 Å². The van der Waals surface area contributed by atoms with Gasteiger partial charge in [-0.25, -0.2) is 4.68 Å². The molecule has 1 heterocycles. The summed E-state index contributed by atoms with van der Waals surface area (Å²) in [5.74, 6) is 1.99. The first kappa shape index (κ1) is 16.7. The fourth-order valence-electron chi connectivity index (χ4n) is 4.44. The van der Waals surface area contributed by atoms with Gasteiger partial charge in [-0.15, -0.1) is 11.3 Å². The Hall–Kier alpha value is -2.46. The van der Waals surface area contributed by atoms with E-state index in [1.807, 2.05) is 4.68 Å². The van der Waals surface area contributed by atoms with E-state index in [0.29, 0.717) is 11.8 Å². The van der Waals surface area contributed by atoms with Gasteiger partial charge in [0.1, 0.15) is 0 Å². The molecule has 0 aliphatic heterocycles.